The molecule has 6 nitrogen and oxygen atoms in total. The maximum absolute atomic E-state index is 12.2. The molecule has 0 aliphatic carbocycles. The van der Waals surface area contributed by atoms with Crippen molar-refractivity contribution in [1.29, 1.82) is 0 Å². The van der Waals surface area contributed by atoms with Gasteiger partial charge in [-0.1, -0.05) is 5.92 Å². The predicted molar refractivity (Wildman–Crippen MR) is 71.7 cm³/mol. The first-order valence-corrected chi connectivity index (χ1v) is 6.42. The molecule has 1 fully saturated rings. The molecule has 1 heterocycles. The van der Waals surface area contributed by atoms with Crippen molar-refractivity contribution in [1.82, 2.24) is 15.1 Å². The van der Waals surface area contributed by atoms with E-state index in [4.69, 9.17) is 11.5 Å². The Bertz CT molecular complexity index is 363. The van der Waals surface area contributed by atoms with Crippen molar-refractivity contribution in [3.63, 3.8) is 0 Å². The molecule has 0 aromatic carbocycles. The number of nitrogens with zero attached hydrogens (tertiary/aromatic N) is 2. The van der Waals surface area contributed by atoms with Gasteiger partial charge < -0.3 is 20.2 Å². The summed E-state index contributed by atoms with van der Waals surface area (Å²) in [6.07, 6.45) is 7.20. The molecule has 106 valence electrons. The van der Waals surface area contributed by atoms with E-state index in [0.29, 0.717) is 19.0 Å². The lowest BCUT2D eigenvalue weighted by atomic mass is 9.98. The second kappa shape index (κ2) is 7.64. The van der Waals surface area contributed by atoms with Crippen molar-refractivity contribution in [3.05, 3.63) is 0 Å². The van der Waals surface area contributed by atoms with E-state index in [1.807, 2.05) is 7.05 Å². The summed E-state index contributed by atoms with van der Waals surface area (Å²) < 4.78 is 0. The van der Waals surface area contributed by atoms with Crippen LogP contribution < -0.4 is 5.32 Å². The fraction of sp³-hybridized carbons (Fsp3) is 0.692. The van der Waals surface area contributed by atoms with Crippen LogP contribution in [0.2, 0.25) is 0 Å². The Morgan fingerprint density at radius 1 is 1.58 bits per heavy atom. The number of piperidine rings is 1. The number of aliphatic carboxylic acids is 1. The van der Waals surface area contributed by atoms with Gasteiger partial charge in [0.2, 0.25) is 0 Å². The van der Waals surface area contributed by atoms with Gasteiger partial charge >= 0.3 is 12.0 Å². The molecule has 1 atom stereocenters. The lowest BCUT2D eigenvalue weighted by Crippen LogP contribution is -2.50. The summed E-state index contributed by atoms with van der Waals surface area (Å²) in [4.78, 5) is 25.9. The molecule has 6 heteroatoms. The van der Waals surface area contributed by atoms with Crippen LogP contribution in [0.3, 0.4) is 0 Å². The first-order valence-electron chi connectivity index (χ1n) is 6.42. The van der Waals surface area contributed by atoms with Gasteiger partial charge in [-0.25, -0.2) is 4.79 Å². The van der Waals surface area contributed by atoms with Crippen LogP contribution in [0.5, 0.6) is 0 Å². The lowest BCUT2D eigenvalue weighted by Gasteiger charge is -2.35. The van der Waals surface area contributed by atoms with E-state index in [2.05, 4.69) is 11.2 Å². The first kappa shape index (κ1) is 15.3. The van der Waals surface area contributed by atoms with Crippen molar-refractivity contribution < 1.29 is 14.7 Å². The largest absolute Gasteiger partial charge is 0.480 e. The van der Waals surface area contributed by atoms with E-state index in [-0.39, 0.29) is 19.1 Å². The lowest BCUT2D eigenvalue weighted by molar-refractivity contribution is -0.137. The summed E-state index contributed by atoms with van der Waals surface area (Å²) in [5.74, 6) is 1.70. The van der Waals surface area contributed by atoms with Crippen LogP contribution >= 0.6 is 0 Å². The average molecular weight is 267 g/mol. The van der Waals surface area contributed by atoms with Crippen molar-refractivity contribution >= 4 is 12.0 Å². The Kier molecular flexibility index (Phi) is 6.16. The Labute approximate surface area is 113 Å². The van der Waals surface area contributed by atoms with Crippen LogP contribution in [0.4, 0.5) is 4.79 Å². The molecule has 0 aromatic heterocycles. The Morgan fingerprint density at radius 2 is 2.32 bits per heavy atom. The minimum absolute atomic E-state index is 0.0261. The van der Waals surface area contributed by atoms with Crippen molar-refractivity contribution in [3.8, 4) is 12.3 Å². The fourth-order valence-electron chi connectivity index (χ4n) is 2.36. The molecule has 1 rings (SSSR count). The van der Waals surface area contributed by atoms with Gasteiger partial charge in [-0.2, -0.15) is 0 Å². The maximum atomic E-state index is 12.2. The molecule has 2 N–H and O–H groups in total. The van der Waals surface area contributed by atoms with Gasteiger partial charge in [0, 0.05) is 13.1 Å². The summed E-state index contributed by atoms with van der Waals surface area (Å²) in [5.41, 5.74) is 0. The highest BCUT2D eigenvalue weighted by atomic mass is 16.4. The van der Waals surface area contributed by atoms with E-state index in [0.717, 1.165) is 19.4 Å². The SMILES string of the molecule is C#CCN(CC(=O)O)C(=O)N1CCCC(CNC)C1. The minimum Gasteiger partial charge on any atom is -0.480 e. The highest BCUT2D eigenvalue weighted by Gasteiger charge is 2.27. The molecule has 0 saturated carbocycles. The first-order chi connectivity index (χ1) is 9.08. The minimum atomic E-state index is -1.05. The molecular weight excluding hydrogens is 246 g/mol. The number of amides is 2. The molecule has 0 bridgehead atoms. The second-order valence-corrected chi connectivity index (χ2v) is 4.75. The molecule has 19 heavy (non-hydrogen) atoms. The number of urea groups is 1. The van der Waals surface area contributed by atoms with Crippen molar-refractivity contribution in [2.24, 2.45) is 5.92 Å². The molecule has 1 unspecified atom stereocenters. The van der Waals surface area contributed by atoms with E-state index >= 15 is 0 Å². The molecule has 1 saturated heterocycles. The number of likely N-dealkylation sites (tertiary alicyclic amines) is 1. The number of terminal acetylenes is 1. The quantitative estimate of drug-likeness (QED) is 0.691. The summed E-state index contributed by atoms with van der Waals surface area (Å²) in [6, 6.07) is -0.277. The molecule has 0 aromatic rings. The van der Waals surface area contributed by atoms with Gasteiger partial charge in [-0.15, -0.1) is 6.42 Å². The normalized spacial score (nSPS) is 18.7. The predicted octanol–water partition coefficient (Wildman–Crippen LogP) is 0.0576. The molecule has 0 radical (unpaired) electrons. The van der Waals surface area contributed by atoms with E-state index < -0.39 is 5.97 Å². The average Bonchev–Trinajstić information content (AvgIpc) is 2.37. The van der Waals surface area contributed by atoms with E-state index in [1.165, 1.54) is 4.90 Å². The Balaban J connectivity index is 2.62. The molecule has 0 spiro atoms. The number of nitrogens with one attached hydrogen (secondary N) is 1. The van der Waals surface area contributed by atoms with E-state index in [9.17, 15) is 9.59 Å². The standard InChI is InChI=1S/C13H21N3O3/c1-3-6-15(10-12(17)18)13(19)16-7-4-5-11(9-16)8-14-2/h1,11,14H,4-10H2,2H3,(H,17,18). The summed E-state index contributed by atoms with van der Waals surface area (Å²) in [5, 5.41) is 11.9. The number of carbonyl (C=O) groups is 2. The number of carbonyl (C=O) groups excluding carboxylic acids is 1. The Morgan fingerprint density at radius 3 is 2.89 bits per heavy atom. The topological polar surface area (TPSA) is 72.9 Å². The van der Waals surface area contributed by atoms with Crippen LogP contribution in [-0.4, -0.2) is 66.7 Å². The van der Waals surface area contributed by atoms with Crippen molar-refractivity contribution in [2.75, 3.05) is 39.8 Å². The van der Waals surface area contributed by atoms with Gasteiger partial charge in [0.15, 0.2) is 0 Å². The molecule has 2 amide bonds. The summed E-state index contributed by atoms with van der Waals surface area (Å²) in [6.45, 7) is 1.85. The van der Waals surface area contributed by atoms with Crippen LogP contribution in [0.25, 0.3) is 0 Å². The maximum Gasteiger partial charge on any atom is 0.323 e. The van der Waals surface area contributed by atoms with E-state index in [1.54, 1.807) is 4.90 Å². The zero-order valence-corrected chi connectivity index (χ0v) is 11.3. The molecular formula is C13H21N3O3. The highest BCUT2D eigenvalue weighted by Crippen LogP contribution is 2.17. The Hall–Kier alpha value is -1.74. The molecule has 1 aliphatic heterocycles. The van der Waals surface area contributed by atoms with Gasteiger partial charge in [-0.3, -0.25) is 4.79 Å². The molecule has 1 aliphatic rings. The monoisotopic (exact) mass is 267 g/mol. The summed E-state index contributed by atoms with van der Waals surface area (Å²) in [7, 11) is 1.88. The zero-order valence-electron chi connectivity index (χ0n) is 11.3. The third kappa shape index (κ3) is 4.79. The van der Waals surface area contributed by atoms with Crippen LogP contribution in [0, 0.1) is 18.3 Å². The summed E-state index contributed by atoms with van der Waals surface area (Å²) >= 11 is 0. The van der Waals surface area contributed by atoms with Crippen LogP contribution in [0.15, 0.2) is 0 Å². The van der Waals surface area contributed by atoms with Crippen molar-refractivity contribution in [2.45, 2.75) is 12.8 Å². The smallest absolute Gasteiger partial charge is 0.323 e. The number of hydrogen-bond acceptors (Lipinski definition) is 3. The number of carboxylic acids is 1. The van der Waals surface area contributed by atoms with Gasteiger partial charge in [0.25, 0.3) is 0 Å². The third-order valence-electron chi connectivity index (χ3n) is 3.16. The van der Waals surface area contributed by atoms with Gasteiger partial charge in [-0.05, 0) is 32.4 Å². The number of carboxylic acid groups (broad SMARTS) is 1. The second-order valence-electron chi connectivity index (χ2n) is 4.75. The van der Waals surface area contributed by atoms with Crippen LogP contribution in [-0.2, 0) is 4.79 Å². The number of rotatable bonds is 5. The van der Waals surface area contributed by atoms with Gasteiger partial charge in [0.1, 0.15) is 6.54 Å². The number of hydrogen-bond donors (Lipinski definition) is 2. The fourth-order valence-corrected chi connectivity index (χ4v) is 2.36. The highest BCUT2D eigenvalue weighted by molar-refractivity contribution is 5.80. The zero-order chi connectivity index (χ0) is 14.3. The van der Waals surface area contributed by atoms with Gasteiger partial charge in [0.05, 0.1) is 6.54 Å². The third-order valence-corrected chi connectivity index (χ3v) is 3.16. The van der Waals surface area contributed by atoms with Crippen LogP contribution in [0.1, 0.15) is 12.8 Å².